The number of para-hydroxylation sites is 1. The molecule has 1 aromatic carbocycles. The van der Waals surface area contributed by atoms with Crippen molar-refractivity contribution in [1.29, 1.82) is 5.26 Å². The predicted octanol–water partition coefficient (Wildman–Crippen LogP) is 3.04. The molecule has 0 saturated carbocycles. The molecule has 92 valence electrons. The Balaban J connectivity index is 2.88. The molecule has 3 nitrogen and oxygen atoms in total. The van der Waals surface area contributed by atoms with Gasteiger partial charge in [-0.1, -0.05) is 32.0 Å². The van der Waals surface area contributed by atoms with Gasteiger partial charge in [0.25, 0.3) is 0 Å². The Labute approximate surface area is 103 Å². The number of benzene rings is 1. The molecule has 0 aliphatic rings. The summed E-state index contributed by atoms with van der Waals surface area (Å²) in [5, 5.41) is 12.3. The van der Waals surface area contributed by atoms with Crippen LogP contribution < -0.4 is 10.1 Å². The Bertz CT molecular complexity index is 384. The molecular weight excluding hydrogens is 212 g/mol. The van der Waals surface area contributed by atoms with E-state index in [2.05, 4.69) is 25.2 Å². The molecule has 0 bridgehead atoms. The molecule has 0 aromatic heterocycles. The van der Waals surface area contributed by atoms with Gasteiger partial charge in [-0.25, -0.2) is 0 Å². The molecule has 0 fully saturated rings. The first-order chi connectivity index (χ1) is 8.22. The van der Waals surface area contributed by atoms with Crippen molar-refractivity contribution in [3.05, 3.63) is 29.8 Å². The fraction of sp³-hybridized carbons (Fsp3) is 0.500. The van der Waals surface area contributed by atoms with Gasteiger partial charge >= 0.3 is 0 Å². The largest absolute Gasteiger partial charge is 0.475 e. The Morgan fingerprint density at radius 1 is 1.35 bits per heavy atom. The lowest BCUT2D eigenvalue weighted by molar-refractivity contribution is 0.247. The Hall–Kier alpha value is -1.53. The van der Waals surface area contributed by atoms with E-state index < -0.39 is 0 Å². The highest BCUT2D eigenvalue weighted by atomic mass is 16.5. The molecule has 0 saturated heterocycles. The van der Waals surface area contributed by atoms with Gasteiger partial charge in [0.05, 0.1) is 0 Å². The van der Waals surface area contributed by atoms with Crippen LogP contribution in [-0.4, -0.2) is 12.6 Å². The van der Waals surface area contributed by atoms with Gasteiger partial charge in [0, 0.05) is 11.6 Å². The fourth-order valence-corrected chi connectivity index (χ4v) is 1.72. The zero-order valence-electron chi connectivity index (χ0n) is 10.7. The van der Waals surface area contributed by atoms with Crippen LogP contribution in [0.4, 0.5) is 0 Å². The van der Waals surface area contributed by atoms with E-state index in [1.807, 2.05) is 31.2 Å². The highest BCUT2D eigenvalue weighted by molar-refractivity contribution is 5.36. The van der Waals surface area contributed by atoms with Crippen LogP contribution >= 0.6 is 0 Å². The van der Waals surface area contributed by atoms with Gasteiger partial charge in [-0.3, -0.25) is 0 Å². The van der Waals surface area contributed by atoms with Gasteiger partial charge in [0.15, 0.2) is 6.10 Å². The molecule has 2 unspecified atom stereocenters. The average Bonchev–Trinajstić information content (AvgIpc) is 2.36. The van der Waals surface area contributed by atoms with Crippen LogP contribution in [-0.2, 0) is 0 Å². The smallest absolute Gasteiger partial charge is 0.184 e. The third kappa shape index (κ3) is 3.76. The van der Waals surface area contributed by atoms with Crippen molar-refractivity contribution < 1.29 is 4.74 Å². The van der Waals surface area contributed by atoms with Crippen molar-refractivity contribution in [2.24, 2.45) is 0 Å². The van der Waals surface area contributed by atoms with Crippen molar-refractivity contribution in [3.63, 3.8) is 0 Å². The maximum absolute atomic E-state index is 8.93. The Morgan fingerprint density at radius 2 is 2.06 bits per heavy atom. The summed E-state index contributed by atoms with van der Waals surface area (Å²) in [5.74, 6) is 0.800. The Morgan fingerprint density at radius 3 is 2.65 bits per heavy atom. The summed E-state index contributed by atoms with van der Waals surface area (Å²) >= 11 is 0. The number of nitrogens with zero attached hydrogens (tertiary/aromatic N) is 1. The second-order valence-corrected chi connectivity index (χ2v) is 3.96. The first-order valence-corrected chi connectivity index (χ1v) is 6.11. The molecule has 1 rings (SSSR count). The van der Waals surface area contributed by atoms with E-state index in [1.54, 1.807) is 0 Å². The molecule has 0 radical (unpaired) electrons. The summed E-state index contributed by atoms with van der Waals surface area (Å²) in [6.07, 6.45) is 0.324. The van der Waals surface area contributed by atoms with Gasteiger partial charge < -0.3 is 10.1 Å². The van der Waals surface area contributed by atoms with E-state index in [0.717, 1.165) is 17.9 Å². The van der Waals surface area contributed by atoms with Crippen molar-refractivity contribution in [3.8, 4) is 11.8 Å². The van der Waals surface area contributed by atoms with Crippen molar-refractivity contribution in [1.82, 2.24) is 5.32 Å². The molecule has 2 atom stereocenters. The number of nitriles is 1. The van der Waals surface area contributed by atoms with Gasteiger partial charge in [0.2, 0.25) is 0 Å². The SMILES string of the molecule is CCNC(C)c1ccccc1OC(C#N)CC. The lowest BCUT2D eigenvalue weighted by atomic mass is 10.1. The second-order valence-electron chi connectivity index (χ2n) is 3.96. The van der Waals surface area contributed by atoms with Crippen molar-refractivity contribution in [2.75, 3.05) is 6.54 Å². The Kier molecular flexibility index (Phi) is 5.51. The minimum absolute atomic E-state index is 0.229. The normalized spacial score (nSPS) is 13.8. The number of ether oxygens (including phenoxy) is 1. The third-order valence-corrected chi connectivity index (χ3v) is 2.68. The topological polar surface area (TPSA) is 45.0 Å². The highest BCUT2D eigenvalue weighted by Gasteiger charge is 2.13. The summed E-state index contributed by atoms with van der Waals surface area (Å²) in [6.45, 7) is 7.03. The first-order valence-electron chi connectivity index (χ1n) is 6.11. The maximum Gasteiger partial charge on any atom is 0.184 e. The summed E-state index contributed by atoms with van der Waals surface area (Å²) < 4.78 is 5.71. The van der Waals surface area contributed by atoms with Gasteiger partial charge in [-0.05, 0) is 26.0 Å². The van der Waals surface area contributed by atoms with Crippen LogP contribution in [0, 0.1) is 11.3 Å². The number of nitrogens with one attached hydrogen (secondary N) is 1. The summed E-state index contributed by atoms with van der Waals surface area (Å²) in [5.41, 5.74) is 1.10. The summed E-state index contributed by atoms with van der Waals surface area (Å²) in [7, 11) is 0. The van der Waals surface area contributed by atoms with E-state index in [4.69, 9.17) is 10.00 Å². The molecule has 3 heteroatoms. The highest BCUT2D eigenvalue weighted by Crippen LogP contribution is 2.25. The van der Waals surface area contributed by atoms with Gasteiger partial charge in [-0.15, -0.1) is 0 Å². The van der Waals surface area contributed by atoms with Gasteiger partial charge in [-0.2, -0.15) is 5.26 Å². The first kappa shape index (κ1) is 13.5. The minimum Gasteiger partial charge on any atom is -0.475 e. The van der Waals surface area contributed by atoms with Crippen molar-refractivity contribution >= 4 is 0 Å². The average molecular weight is 232 g/mol. The number of hydrogen-bond donors (Lipinski definition) is 1. The van der Waals surface area contributed by atoms with E-state index in [1.165, 1.54) is 0 Å². The van der Waals surface area contributed by atoms with Crippen LogP contribution in [0.5, 0.6) is 5.75 Å². The predicted molar refractivity (Wildman–Crippen MR) is 68.9 cm³/mol. The van der Waals surface area contributed by atoms with Crippen LogP contribution in [0.25, 0.3) is 0 Å². The third-order valence-electron chi connectivity index (χ3n) is 2.68. The van der Waals surface area contributed by atoms with Crippen LogP contribution in [0.15, 0.2) is 24.3 Å². The summed E-state index contributed by atoms with van der Waals surface area (Å²) in [4.78, 5) is 0. The molecule has 0 aliphatic heterocycles. The zero-order valence-corrected chi connectivity index (χ0v) is 10.7. The second kappa shape index (κ2) is 6.93. The monoisotopic (exact) mass is 232 g/mol. The maximum atomic E-state index is 8.93. The van der Waals surface area contributed by atoms with Gasteiger partial charge in [0.1, 0.15) is 11.8 Å². The standard InChI is InChI=1S/C14H20N2O/c1-4-12(10-15)17-14-9-7-6-8-13(14)11(3)16-5-2/h6-9,11-12,16H,4-5H2,1-3H3. The van der Waals surface area contributed by atoms with E-state index >= 15 is 0 Å². The van der Waals surface area contributed by atoms with Crippen LogP contribution in [0.1, 0.15) is 38.8 Å². The van der Waals surface area contributed by atoms with E-state index in [0.29, 0.717) is 6.42 Å². The quantitative estimate of drug-likeness (QED) is 0.820. The summed E-state index contributed by atoms with van der Waals surface area (Å²) in [6, 6.07) is 10.3. The van der Waals surface area contributed by atoms with Crippen LogP contribution in [0.2, 0.25) is 0 Å². The molecule has 0 spiro atoms. The molecule has 1 N–H and O–H groups in total. The lowest BCUT2D eigenvalue weighted by Crippen LogP contribution is -2.20. The molecule has 1 aromatic rings. The molecule has 0 amide bonds. The zero-order chi connectivity index (χ0) is 12.7. The molecule has 17 heavy (non-hydrogen) atoms. The number of rotatable bonds is 6. The van der Waals surface area contributed by atoms with Crippen LogP contribution in [0.3, 0.4) is 0 Å². The molecular formula is C14H20N2O. The lowest BCUT2D eigenvalue weighted by Gasteiger charge is -2.19. The number of hydrogen-bond acceptors (Lipinski definition) is 3. The van der Waals surface area contributed by atoms with Crippen molar-refractivity contribution in [2.45, 2.75) is 39.3 Å². The molecule has 0 heterocycles. The van der Waals surface area contributed by atoms with E-state index in [-0.39, 0.29) is 12.1 Å². The molecule has 0 aliphatic carbocycles. The minimum atomic E-state index is -0.370. The fourth-order valence-electron chi connectivity index (χ4n) is 1.72. The van der Waals surface area contributed by atoms with E-state index in [9.17, 15) is 0 Å².